The number of nitrogens with zero attached hydrogens (tertiary/aromatic N) is 15. The molecule has 450 valence electrons. The Kier molecular flexibility index (Phi) is 19.2. The first kappa shape index (κ1) is 62.8. The Balaban J connectivity index is 0.000000144. The molecule has 0 saturated heterocycles. The van der Waals surface area contributed by atoms with Crippen molar-refractivity contribution < 1.29 is 28.5 Å². The summed E-state index contributed by atoms with van der Waals surface area (Å²) < 4.78 is 46.6. The lowest BCUT2D eigenvalue weighted by atomic mass is 10.1. The Morgan fingerprint density at radius 2 is 0.701 bits per heavy atom. The van der Waals surface area contributed by atoms with Gasteiger partial charge in [-0.25, -0.2) is 28.1 Å². The fourth-order valence-electron chi connectivity index (χ4n) is 7.83. The maximum absolute atomic E-state index is 14.0. The van der Waals surface area contributed by atoms with Gasteiger partial charge in [-0.3, -0.25) is 14.0 Å². The summed E-state index contributed by atoms with van der Waals surface area (Å²) in [6.45, 7) is 11.1. The smallest absolute Gasteiger partial charge is 0.211 e. The third-order valence-electron chi connectivity index (χ3n) is 12.4. The van der Waals surface area contributed by atoms with Gasteiger partial charge in [-0.1, -0.05) is 87.0 Å². The number of nitrogens with one attached hydrogen (secondary N) is 3. The first-order valence-electron chi connectivity index (χ1n) is 25.7. The molecule has 0 aliphatic rings. The van der Waals surface area contributed by atoms with Gasteiger partial charge < -0.3 is 31.3 Å². The number of anilines is 6. The minimum Gasteiger partial charge on any atom is -0.376 e. The number of halogens is 6. The molecular weight excluding hydrogens is 1300 g/mol. The molecule has 9 heterocycles. The maximum Gasteiger partial charge on any atom is 0.211 e. The van der Waals surface area contributed by atoms with E-state index in [9.17, 15) is 28.5 Å². The van der Waals surface area contributed by atoms with Gasteiger partial charge in [-0.2, -0.15) is 15.3 Å². The van der Waals surface area contributed by atoms with Gasteiger partial charge in [0.15, 0.2) is 49.3 Å². The second-order valence-corrected chi connectivity index (χ2v) is 26.2. The Hall–Kier alpha value is -7.20. The van der Waals surface area contributed by atoms with E-state index in [1.54, 1.807) is 108 Å². The van der Waals surface area contributed by atoms with Gasteiger partial charge in [-0.05, 0) is 77.9 Å². The number of benzene rings is 3. The van der Waals surface area contributed by atoms with Gasteiger partial charge in [0.25, 0.3) is 0 Å². The number of rotatable bonds is 18. The van der Waals surface area contributed by atoms with E-state index in [2.05, 4.69) is 76.8 Å². The van der Waals surface area contributed by atoms with Crippen molar-refractivity contribution in [3.8, 4) is 0 Å². The lowest BCUT2D eigenvalue weighted by Gasteiger charge is -2.16. The van der Waals surface area contributed by atoms with Crippen LogP contribution in [0.15, 0.2) is 108 Å². The molecule has 33 heteroatoms. The molecule has 0 amide bonds. The third-order valence-corrected chi connectivity index (χ3v) is 20.1. The second-order valence-electron chi connectivity index (χ2n) is 19.5. The molecule has 0 saturated carbocycles. The Morgan fingerprint density at radius 3 is 0.943 bits per heavy atom. The predicted octanol–water partition coefficient (Wildman–Crippen LogP) is 13.0. The van der Waals surface area contributed by atoms with Crippen molar-refractivity contribution in [2.24, 2.45) is 0 Å². The fourth-order valence-corrected chi connectivity index (χ4v) is 13.7. The van der Waals surface area contributed by atoms with Crippen LogP contribution in [-0.4, -0.2) is 90.2 Å². The monoisotopic (exact) mass is 1350 g/mol. The molecule has 0 aliphatic heterocycles. The van der Waals surface area contributed by atoms with Crippen LogP contribution in [0.5, 0.6) is 0 Å². The van der Waals surface area contributed by atoms with Crippen LogP contribution in [-0.2, 0) is 36.4 Å². The molecule has 1 unspecified atom stereocenters. The lowest BCUT2D eigenvalue weighted by Crippen LogP contribution is -2.22. The van der Waals surface area contributed by atoms with Crippen molar-refractivity contribution in [3.05, 3.63) is 204 Å². The summed E-state index contributed by atoms with van der Waals surface area (Å²) in [7, 11) is 0. The largest absolute Gasteiger partial charge is 0.376 e. The standard InChI is InChI=1S/3C18H16ClFN6OS2/c3*1-10-9-28-15(21-10)18(2,27)16-23-24-17(29-16)22-14-6-7-26(25-14)8-11-12(19)4-3-5-13(11)20/h3*3-7,9,27H,8H2,1-2H3,(H,22,24,25)/t2*18-;/m10./s1. The van der Waals surface area contributed by atoms with Crippen LogP contribution in [0.2, 0.25) is 15.1 Å². The molecule has 0 spiro atoms. The Morgan fingerprint density at radius 1 is 0.425 bits per heavy atom. The van der Waals surface area contributed by atoms with E-state index in [1.807, 2.05) is 36.9 Å². The molecule has 3 aromatic carbocycles. The van der Waals surface area contributed by atoms with E-state index >= 15 is 0 Å². The molecule has 6 N–H and O–H groups in total. The zero-order chi connectivity index (χ0) is 61.8. The quantitative estimate of drug-likeness (QED) is 0.0466. The number of hydrogen-bond donors (Lipinski definition) is 6. The van der Waals surface area contributed by atoms with Gasteiger partial charge in [0, 0.05) is 102 Å². The molecule has 12 aromatic rings. The van der Waals surface area contributed by atoms with Crippen molar-refractivity contribution in [1.29, 1.82) is 0 Å². The predicted molar refractivity (Wildman–Crippen MR) is 334 cm³/mol. The van der Waals surface area contributed by atoms with Crippen LogP contribution in [0.4, 0.5) is 46.0 Å². The zero-order valence-electron chi connectivity index (χ0n) is 46.3. The molecule has 3 atom stereocenters. The first-order chi connectivity index (χ1) is 41.5. The summed E-state index contributed by atoms with van der Waals surface area (Å²) in [5.74, 6) is 0.419. The van der Waals surface area contributed by atoms with E-state index in [1.165, 1.54) is 86.2 Å². The van der Waals surface area contributed by atoms with E-state index in [0.29, 0.717) is 94.7 Å². The molecule has 12 rings (SSSR count). The van der Waals surface area contributed by atoms with Crippen LogP contribution >= 0.6 is 103 Å². The third kappa shape index (κ3) is 15.0. The summed E-state index contributed by atoms with van der Waals surface area (Å²) in [6, 6.07) is 18.9. The number of aliphatic hydroxyl groups is 3. The number of thiazole rings is 3. The summed E-state index contributed by atoms with van der Waals surface area (Å²) in [5.41, 5.74) is -0.326. The van der Waals surface area contributed by atoms with Crippen LogP contribution in [0, 0.1) is 38.2 Å². The average molecular weight is 1350 g/mol. The Bertz CT molecular complexity index is 3830. The highest BCUT2D eigenvalue weighted by molar-refractivity contribution is 7.16. The molecule has 0 bridgehead atoms. The summed E-state index contributed by atoms with van der Waals surface area (Å²) in [6.07, 6.45) is 5.13. The minimum atomic E-state index is -1.32. The molecular formula is C54H48Cl3F3N18O3S6. The summed E-state index contributed by atoms with van der Waals surface area (Å²) in [5, 5.41) is 90.3. The summed E-state index contributed by atoms with van der Waals surface area (Å²) >= 11 is 26.0. The van der Waals surface area contributed by atoms with E-state index in [4.69, 9.17) is 34.8 Å². The highest BCUT2D eigenvalue weighted by Gasteiger charge is 2.36. The second kappa shape index (κ2) is 26.6. The average Bonchev–Trinajstić information content (AvgIpc) is 2.33. The van der Waals surface area contributed by atoms with Gasteiger partial charge >= 0.3 is 0 Å². The minimum absolute atomic E-state index is 0.201. The highest BCUT2D eigenvalue weighted by atomic mass is 35.5. The van der Waals surface area contributed by atoms with Crippen LogP contribution in [0.3, 0.4) is 0 Å². The number of aryl methyl sites for hydroxylation is 3. The van der Waals surface area contributed by atoms with E-state index < -0.39 is 16.8 Å². The molecule has 0 fully saturated rings. The van der Waals surface area contributed by atoms with Crippen molar-refractivity contribution in [1.82, 2.24) is 74.9 Å². The molecule has 21 nitrogen and oxygen atoms in total. The molecule has 9 aromatic heterocycles. The molecule has 0 radical (unpaired) electrons. The maximum atomic E-state index is 14.0. The zero-order valence-corrected chi connectivity index (χ0v) is 53.4. The highest BCUT2D eigenvalue weighted by Crippen LogP contribution is 2.38. The SMILES string of the molecule is Cc1csc(C(C)(O)c2nnc(Nc3ccn(Cc4c(F)cccc4Cl)n3)s2)n1.Cc1csc([C@@](C)(O)c2nnc(Nc3ccn(Cc4c(F)cccc4Cl)n3)s2)n1.Cc1csc([C@](C)(O)c2nnc(Nc3ccn(Cc4c(F)cccc4Cl)n3)s2)n1. The van der Waals surface area contributed by atoms with Crippen LogP contribution in [0.1, 0.15) is 84.6 Å². The lowest BCUT2D eigenvalue weighted by molar-refractivity contribution is 0.100. The van der Waals surface area contributed by atoms with Gasteiger partial charge in [0.05, 0.1) is 19.6 Å². The van der Waals surface area contributed by atoms with Crippen molar-refractivity contribution in [2.75, 3.05) is 16.0 Å². The van der Waals surface area contributed by atoms with Gasteiger partial charge in [0.1, 0.15) is 32.5 Å². The van der Waals surface area contributed by atoms with Gasteiger partial charge in [-0.15, -0.1) is 64.6 Å². The van der Waals surface area contributed by atoms with E-state index in [-0.39, 0.29) is 37.1 Å². The first-order valence-corrected chi connectivity index (χ1v) is 31.9. The van der Waals surface area contributed by atoms with Gasteiger partial charge in [0.2, 0.25) is 15.4 Å². The van der Waals surface area contributed by atoms with Crippen LogP contribution < -0.4 is 16.0 Å². The fraction of sp³-hybridized carbons (Fsp3) is 0.222. The van der Waals surface area contributed by atoms with Crippen LogP contribution in [0.25, 0.3) is 0 Å². The van der Waals surface area contributed by atoms with E-state index in [0.717, 1.165) is 17.1 Å². The van der Waals surface area contributed by atoms with Crippen molar-refractivity contribution in [2.45, 2.75) is 78.0 Å². The number of hydrogen-bond acceptors (Lipinski definition) is 24. The Labute approximate surface area is 532 Å². The van der Waals surface area contributed by atoms with Crippen molar-refractivity contribution >= 4 is 136 Å². The van der Waals surface area contributed by atoms with Crippen molar-refractivity contribution in [3.63, 3.8) is 0 Å². The summed E-state index contributed by atoms with van der Waals surface area (Å²) in [4.78, 5) is 13.0. The molecule has 87 heavy (non-hydrogen) atoms. The normalized spacial score (nSPS) is 13.4. The molecule has 0 aliphatic carbocycles. The topological polar surface area (TPSA) is 266 Å². The number of aromatic nitrogens is 15.